The molecule has 0 fully saturated rings. The average molecular weight is 389 g/mol. The van der Waals surface area contributed by atoms with Crippen LogP contribution in [0, 0.1) is 6.92 Å². The van der Waals surface area contributed by atoms with Gasteiger partial charge >= 0.3 is 0 Å². The minimum atomic E-state index is -0.373. The molecule has 28 heavy (non-hydrogen) atoms. The largest absolute Gasteiger partial charge is 0.319 e. The van der Waals surface area contributed by atoms with Gasteiger partial charge in [-0.2, -0.15) is 0 Å². The molecule has 1 amide bonds. The van der Waals surface area contributed by atoms with Gasteiger partial charge in [0.25, 0.3) is 5.91 Å². The topological polar surface area (TPSA) is 59.8 Å². The summed E-state index contributed by atoms with van der Waals surface area (Å²) in [5, 5.41) is 7.88. The summed E-state index contributed by atoms with van der Waals surface area (Å²) in [6.45, 7) is 1.99. The van der Waals surface area contributed by atoms with Crippen LogP contribution in [-0.2, 0) is 0 Å². The van der Waals surface area contributed by atoms with Gasteiger partial charge in [0.1, 0.15) is 0 Å². The Morgan fingerprint density at radius 3 is 2.43 bits per heavy atom. The number of nitrogens with one attached hydrogen (secondary N) is 1. The Hall–Kier alpha value is -3.44. The van der Waals surface area contributed by atoms with Gasteiger partial charge in [-0.05, 0) is 43.3 Å². The Bertz CT molecular complexity index is 1120. The summed E-state index contributed by atoms with van der Waals surface area (Å²) in [6, 6.07) is 24.4. The third-order valence-electron chi connectivity index (χ3n) is 4.20. The summed E-state index contributed by atoms with van der Waals surface area (Å²) in [4.78, 5) is 17.2. The molecular weight excluding hydrogens is 372 g/mol. The van der Waals surface area contributed by atoms with Gasteiger partial charge < -0.3 is 5.32 Å². The van der Waals surface area contributed by atoms with E-state index in [9.17, 15) is 4.79 Å². The number of amides is 1. The third kappa shape index (κ3) is 3.80. The first-order valence-electron chi connectivity index (χ1n) is 8.76. The summed E-state index contributed by atoms with van der Waals surface area (Å²) in [5.74, 6) is 0.254. The van der Waals surface area contributed by atoms with E-state index in [0.29, 0.717) is 16.5 Å². The van der Waals surface area contributed by atoms with Crippen LogP contribution in [0.25, 0.3) is 17.1 Å². The summed E-state index contributed by atoms with van der Waals surface area (Å²) in [7, 11) is 0. The monoisotopic (exact) mass is 388 g/mol. The average Bonchev–Trinajstić information content (AvgIpc) is 3.16. The number of aromatic nitrogens is 3. The van der Waals surface area contributed by atoms with E-state index in [1.165, 1.54) is 0 Å². The molecule has 6 heteroatoms. The normalized spacial score (nSPS) is 10.6. The van der Waals surface area contributed by atoms with Crippen LogP contribution in [0.3, 0.4) is 0 Å². The fraction of sp³-hybridized carbons (Fsp3) is 0.0455. The number of nitrogens with zero attached hydrogens (tertiary/aromatic N) is 3. The smallest absolute Gasteiger partial charge is 0.295 e. The van der Waals surface area contributed by atoms with Crippen molar-refractivity contribution >= 4 is 23.2 Å². The fourth-order valence-corrected chi connectivity index (χ4v) is 2.99. The highest BCUT2D eigenvalue weighted by atomic mass is 35.5. The van der Waals surface area contributed by atoms with Gasteiger partial charge in [-0.15, -0.1) is 5.10 Å². The standard InChI is InChI=1S/C22H17ClN4O/c1-15-10-12-18(13-11-15)24-22(28)20-25-21(16-6-5-7-17(23)14-16)27(26-20)19-8-3-2-4-9-19/h2-14H,1H3,(H,24,28). The van der Waals surface area contributed by atoms with Crippen molar-refractivity contribution in [3.05, 3.63) is 95.3 Å². The lowest BCUT2D eigenvalue weighted by Gasteiger charge is -2.05. The number of halogens is 1. The lowest BCUT2D eigenvalue weighted by molar-refractivity contribution is 0.101. The number of anilines is 1. The van der Waals surface area contributed by atoms with Crippen LogP contribution >= 0.6 is 11.6 Å². The number of hydrogen-bond acceptors (Lipinski definition) is 3. The third-order valence-corrected chi connectivity index (χ3v) is 4.44. The minimum absolute atomic E-state index is 0.0828. The Balaban J connectivity index is 1.74. The fourth-order valence-electron chi connectivity index (χ4n) is 2.80. The maximum atomic E-state index is 12.7. The summed E-state index contributed by atoms with van der Waals surface area (Å²) >= 11 is 6.15. The maximum Gasteiger partial charge on any atom is 0.295 e. The highest BCUT2D eigenvalue weighted by molar-refractivity contribution is 6.30. The summed E-state index contributed by atoms with van der Waals surface area (Å²) < 4.78 is 1.65. The van der Waals surface area contributed by atoms with Crippen molar-refractivity contribution in [2.75, 3.05) is 5.32 Å². The van der Waals surface area contributed by atoms with Crippen LogP contribution in [0.5, 0.6) is 0 Å². The van der Waals surface area contributed by atoms with Crippen molar-refractivity contribution < 1.29 is 4.79 Å². The Morgan fingerprint density at radius 1 is 0.964 bits per heavy atom. The molecule has 4 rings (SSSR count). The Kier molecular flexibility index (Phi) is 4.91. The molecule has 0 atom stereocenters. The van der Waals surface area contributed by atoms with Gasteiger partial charge in [0.15, 0.2) is 5.82 Å². The molecule has 0 aliphatic rings. The lowest BCUT2D eigenvalue weighted by atomic mass is 10.2. The highest BCUT2D eigenvalue weighted by Crippen LogP contribution is 2.24. The first-order chi connectivity index (χ1) is 13.6. The molecule has 0 saturated heterocycles. The molecule has 1 aromatic heterocycles. The van der Waals surface area contributed by atoms with Gasteiger partial charge in [0.05, 0.1) is 5.69 Å². The molecule has 138 valence electrons. The molecular formula is C22H17ClN4O. The van der Waals surface area contributed by atoms with E-state index >= 15 is 0 Å². The molecule has 5 nitrogen and oxygen atoms in total. The van der Waals surface area contributed by atoms with E-state index in [1.807, 2.05) is 73.7 Å². The zero-order valence-corrected chi connectivity index (χ0v) is 15.9. The molecule has 0 aliphatic heterocycles. The minimum Gasteiger partial charge on any atom is -0.319 e. The van der Waals surface area contributed by atoms with Crippen LogP contribution in [0.15, 0.2) is 78.9 Å². The summed E-state index contributed by atoms with van der Waals surface area (Å²) in [6.07, 6.45) is 0. The van der Waals surface area contributed by atoms with Crippen molar-refractivity contribution in [3.8, 4) is 17.1 Å². The number of benzene rings is 3. The van der Waals surface area contributed by atoms with Gasteiger partial charge in [-0.3, -0.25) is 4.79 Å². The van der Waals surface area contributed by atoms with Crippen LogP contribution < -0.4 is 5.32 Å². The molecule has 0 aliphatic carbocycles. The number of carbonyl (C=O) groups excluding carboxylic acids is 1. The number of rotatable bonds is 4. The molecule has 3 aromatic carbocycles. The molecule has 0 bridgehead atoms. The van der Waals surface area contributed by atoms with Crippen molar-refractivity contribution in [2.24, 2.45) is 0 Å². The first kappa shape index (κ1) is 17.9. The molecule has 0 saturated carbocycles. The van der Waals surface area contributed by atoms with Crippen LogP contribution in [-0.4, -0.2) is 20.7 Å². The van der Waals surface area contributed by atoms with Gasteiger partial charge in [-0.1, -0.05) is 59.6 Å². The molecule has 0 unspecified atom stereocenters. The summed E-state index contributed by atoms with van der Waals surface area (Å²) in [5.41, 5.74) is 3.39. The number of hydrogen-bond donors (Lipinski definition) is 1. The van der Waals surface area contributed by atoms with Crippen LogP contribution in [0.2, 0.25) is 5.02 Å². The predicted molar refractivity (Wildman–Crippen MR) is 111 cm³/mol. The lowest BCUT2D eigenvalue weighted by Crippen LogP contribution is -2.14. The highest BCUT2D eigenvalue weighted by Gasteiger charge is 2.19. The van der Waals surface area contributed by atoms with E-state index in [-0.39, 0.29) is 11.7 Å². The Labute approximate surface area is 167 Å². The number of para-hydroxylation sites is 1. The number of aryl methyl sites for hydroxylation is 1. The van der Waals surface area contributed by atoms with Crippen LogP contribution in [0.1, 0.15) is 16.2 Å². The van der Waals surface area contributed by atoms with Gasteiger partial charge in [0.2, 0.25) is 5.82 Å². The van der Waals surface area contributed by atoms with E-state index in [1.54, 1.807) is 16.8 Å². The zero-order valence-electron chi connectivity index (χ0n) is 15.1. The van der Waals surface area contributed by atoms with E-state index in [2.05, 4.69) is 15.4 Å². The molecule has 0 spiro atoms. The molecule has 4 aromatic rings. The van der Waals surface area contributed by atoms with Crippen molar-refractivity contribution in [2.45, 2.75) is 6.92 Å². The Morgan fingerprint density at radius 2 is 1.71 bits per heavy atom. The zero-order chi connectivity index (χ0) is 19.5. The van der Waals surface area contributed by atoms with Gasteiger partial charge in [-0.25, -0.2) is 9.67 Å². The SMILES string of the molecule is Cc1ccc(NC(=O)c2nc(-c3cccc(Cl)c3)n(-c3ccccc3)n2)cc1. The van der Waals surface area contributed by atoms with E-state index in [0.717, 1.165) is 16.8 Å². The molecule has 0 radical (unpaired) electrons. The second kappa shape index (κ2) is 7.66. The predicted octanol–water partition coefficient (Wildman–Crippen LogP) is 5.15. The number of carbonyl (C=O) groups is 1. The molecule has 1 heterocycles. The molecule has 1 N–H and O–H groups in total. The maximum absolute atomic E-state index is 12.7. The van der Waals surface area contributed by atoms with Crippen molar-refractivity contribution in [3.63, 3.8) is 0 Å². The van der Waals surface area contributed by atoms with E-state index in [4.69, 9.17) is 11.6 Å². The second-order valence-corrected chi connectivity index (χ2v) is 6.77. The second-order valence-electron chi connectivity index (χ2n) is 6.34. The van der Waals surface area contributed by atoms with Crippen LogP contribution in [0.4, 0.5) is 5.69 Å². The quantitative estimate of drug-likeness (QED) is 0.526. The van der Waals surface area contributed by atoms with Gasteiger partial charge in [0, 0.05) is 16.3 Å². The van der Waals surface area contributed by atoms with E-state index < -0.39 is 0 Å². The van der Waals surface area contributed by atoms with Crippen molar-refractivity contribution in [1.29, 1.82) is 0 Å². The van der Waals surface area contributed by atoms with Crippen molar-refractivity contribution in [1.82, 2.24) is 14.8 Å². The first-order valence-corrected chi connectivity index (χ1v) is 9.14.